The smallest absolute Gasteiger partial charge is 0.161 e. The Hall–Kier alpha value is -2.43. The Balaban J connectivity index is 2.26. The summed E-state index contributed by atoms with van der Waals surface area (Å²) in [7, 11) is 0. The first-order valence-corrected chi connectivity index (χ1v) is 5.28. The summed E-state index contributed by atoms with van der Waals surface area (Å²) in [4.78, 5) is 15.9. The van der Waals surface area contributed by atoms with Gasteiger partial charge in [-0.05, 0) is 18.6 Å². The van der Waals surface area contributed by atoms with Gasteiger partial charge in [0.15, 0.2) is 11.6 Å². The van der Waals surface area contributed by atoms with Crippen molar-refractivity contribution < 1.29 is 0 Å². The Morgan fingerprint density at radius 1 is 1.18 bits per heavy atom. The Kier molecular flexibility index (Phi) is 2.04. The van der Waals surface area contributed by atoms with E-state index < -0.39 is 0 Å². The van der Waals surface area contributed by atoms with Crippen molar-refractivity contribution >= 4 is 16.9 Å². The molecule has 0 saturated carbocycles. The van der Waals surface area contributed by atoms with E-state index in [9.17, 15) is 0 Å². The van der Waals surface area contributed by atoms with Crippen molar-refractivity contribution in [1.82, 2.24) is 19.9 Å². The molecule has 1 aromatic carbocycles. The van der Waals surface area contributed by atoms with Crippen molar-refractivity contribution in [2.24, 2.45) is 0 Å². The fourth-order valence-electron chi connectivity index (χ4n) is 1.82. The van der Waals surface area contributed by atoms with E-state index in [1.54, 1.807) is 12.4 Å². The lowest BCUT2D eigenvalue weighted by Gasteiger charge is -1.97. The lowest BCUT2D eigenvalue weighted by molar-refractivity contribution is 1.17. The average molecular weight is 225 g/mol. The van der Waals surface area contributed by atoms with Crippen molar-refractivity contribution in [3.05, 3.63) is 36.2 Å². The first kappa shape index (κ1) is 9.77. The largest absolute Gasteiger partial charge is 0.382 e. The molecule has 3 rings (SSSR count). The van der Waals surface area contributed by atoms with Crippen LogP contribution in [0.1, 0.15) is 5.56 Å². The van der Waals surface area contributed by atoms with Crippen molar-refractivity contribution in [2.45, 2.75) is 6.92 Å². The zero-order chi connectivity index (χ0) is 11.8. The molecule has 0 atom stereocenters. The summed E-state index contributed by atoms with van der Waals surface area (Å²) in [6.07, 6.45) is 3.17. The number of hydrogen-bond donors (Lipinski definition) is 2. The van der Waals surface area contributed by atoms with Crippen LogP contribution in [0.25, 0.3) is 22.6 Å². The molecular weight excluding hydrogens is 214 g/mol. The Morgan fingerprint density at radius 2 is 2.00 bits per heavy atom. The zero-order valence-electron chi connectivity index (χ0n) is 9.31. The predicted molar refractivity (Wildman–Crippen MR) is 66.3 cm³/mol. The van der Waals surface area contributed by atoms with Gasteiger partial charge in [0.1, 0.15) is 5.69 Å². The maximum atomic E-state index is 5.78. The van der Waals surface area contributed by atoms with Crippen LogP contribution in [0.2, 0.25) is 0 Å². The number of imidazole rings is 1. The molecule has 0 aliphatic carbocycles. The number of anilines is 1. The van der Waals surface area contributed by atoms with Crippen molar-refractivity contribution in [3.8, 4) is 11.5 Å². The molecule has 0 fully saturated rings. The number of rotatable bonds is 1. The van der Waals surface area contributed by atoms with E-state index in [0.717, 1.165) is 16.6 Å². The number of nitrogens with two attached hydrogens (primary N) is 1. The lowest BCUT2D eigenvalue weighted by atomic mass is 10.2. The molecule has 84 valence electrons. The fourth-order valence-corrected chi connectivity index (χ4v) is 1.82. The molecule has 0 saturated heterocycles. The number of hydrogen-bond acceptors (Lipinski definition) is 4. The van der Waals surface area contributed by atoms with Crippen LogP contribution in [0.3, 0.4) is 0 Å². The van der Waals surface area contributed by atoms with Crippen LogP contribution in [0.4, 0.5) is 5.82 Å². The standard InChI is InChI=1S/C12H11N5/c1-7-3-2-4-8-9(7)17-12(16-8)10-11(13)15-6-5-14-10/h2-6H,1H3,(H2,13,15)(H,16,17). The van der Waals surface area contributed by atoms with Gasteiger partial charge in [-0.1, -0.05) is 12.1 Å². The van der Waals surface area contributed by atoms with Gasteiger partial charge in [0.2, 0.25) is 0 Å². The summed E-state index contributed by atoms with van der Waals surface area (Å²) < 4.78 is 0. The number of aromatic amines is 1. The quantitative estimate of drug-likeness (QED) is 0.663. The second-order valence-corrected chi connectivity index (χ2v) is 3.85. The molecule has 3 aromatic rings. The number of nitrogens with zero attached hydrogens (tertiary/aromatic N) is 3. The summed E-state index contributed by atoms with van der Waals surface area (Å²) in [6.45, 7) is 2.02. The van der Waals surface area contributed by atoms with E-state index in [2.05, 4.69) is 19.9 Å². The van der Waals surface area contributed by atoms with Crippen LogP contribution in [-0.2, 0) is 0 Å². The van der Waals surface area contributed by atoms with Crippen LogP contribution < -0.4 is 5.73 Å². The number of aromatic nitrogens is 4. The van der Waals surface area contributed by atoms with Crippen LogP contribution >= 0.6 is 0 Å². The third kappa shape index (κ3) is 1.52. The van der Waals surface area contributed by atoms with Crippen LogP contribution in [0, 0.1) is 6.92 Å². The van der Waals surface area contributed by atoms with E-state index in [1.807, 2.05) is 25.1 Å². The first-order chi connectivity index (χ1) is 8.25. The number of para-hydroxylation sites is 1. The molecule has 5 nitrogen and oxygen atoms in total. The van der Waals surface area contributed by atoms with Gasteiger partial charge in [0.05, 0.1) is 11.0 Å². The highest BCUT2D eigenvalue weighted by Crippen LogP contribution is 2.23. The van der Waals surface area contributed by atoms with Crippen molar-refractivity contribution in [1.29, 1.82) is 0 Å². The number of H-pyrrole nitrogens is 1. The summed E-state index contributed by atoms with van der Waals surface area (Å²) in [5.41, 5.74) is 9.40. The van der Waals surface area contributed by atoms with Crippen molar-refractivity contribution in [3.63, 3.8) is 0 Å². The van der Waals surface area contributed by atoms with Gasteiger partial charge in [-0.2, -0.15) is 0 Å². The highest BCUT2D eigenvalue weighted by molar-refractivity contribution is 5.82. The van der Waals surface area contributed by atoms with E-state index >= 15 is 0 Å². The minimum absolute atomic E-state index is 0.379. The Labute approximate surface area is 97.7 Å². The summed E-state index contributed by atoms with van der Waals surface area (Å²) in [5, 5.41) is 0. The van der Waals surface area contributed by atoms with E-state index in [0.29, 0.717) is 17.3 Å². The monoisotopic (exact) mass is 225 g/mol. The Bertz CT molecular complexity index is 686. The molecule has 0 spiro atoms. The third-order valence-electron chi connectivity index (χ3n) is 2.67. The number of aryl methyl sites for hydroxylation is 1. The van der Waals surface area contributed by atoms with Crippen LogP contribution in [0.15, 0.2) is 30.6 Å². The van der Waals surface area contributed by atoms with E-state index in [-0.39, 0.29) is 0 Å². The normalized spacial score (nSPS) is 10.9. The van der Waals surface area contributed by atoms with Gasteiger partial charge >= 0.3 is 0 Å². The summed E-state index contributed by atoms with van der Waals surface area (Å²) in [6, 6.07) is 5.98. The molecule has 2 aromatic heterocycles. The van der Waals surface area contributed by atoms with E-state index in [1.165, 1.54) is 0 Å². The molecule has 0 aliphatic heterocycles. The highest BCUT2D eigenvalue weighted by atomic mass is 15.0. The van der Waals surface area contributed by atoms with Gasteiger partial charge in [0, 0.05) is 12.4 Å². The van der Waals surface area contributed by atoms with Gasteiger partial charge in [-0.3, -0.25) is 0 Å². The molecule has 0 unspecified atom stereocenters. The minimum Gasteiger partial charge on any atom is -0.382 e. The fraction of sp³-hybridized carbons (Fsp3) is 0.0833. The minimum atomic E-state index is 0.379. The van der Waals surface area contributed by atoms with Crippen molar-refractivity contribution in [2.75, 3.05) is 5.73 Å². The van der Waals surface area contributed by atoms with E-state index in [4.69, 9.17) is 5.73 Å². The maximum Gasteiger partial charge on any atom is 0.161 e. The summed E-state index contributed by atoms with van der Waals surface area (Å²) in [5.74, 6) is 1.03. The summed E-state index contributed by atoms with van der Waals surface area (Å²) >= 11 is 0. The van der Waals surface area contributed by atoms with Crippen LogP contribution in [-0.4, -0.2) is 19.9 Å². The second kappa shape index (κ2) is 3.55. The molecule has 0 radical (unpaired) electrons. The average Bonchev–Trinajstić information content (AvgIpc) is 2.75. The topological polar surface area (TPSA) is 80.5 Å². The number of benzene rings is 1. The molecule has 17 heavy (non-hydrogen) atoms. The predicted octanol–water partition coefficient (Wildman–Crippen LogP) is 1.91. The molecule has 0 aliphatic rings. The molecular formula is C12H11N5. The van der Waals surface area contributed by atoms with Gasteiger partial charge in [-0.15, -0.1) is 0 Å². The lowest BCUT2D eigenvalue weighted by Crippen LogP contribution is -1.96. The molecule has 0 bridgehead atoms. The molecule has 5 heteroatoms. The van der Waals surface area contributed by atoms with Crippen LogP contribution in [0.5, 0.6) is 0 Å². The Morgan fingerprint density at radius 3 is 2.76 bits per heavy atom. The van der Waals surface area contributed by atoms with Gasteiger partial charge in [-0.25, -0.2) is 15.0 Å². The SMILES string of the molecule is Cc1cccc2[nH]c(-c3nccnc3N)nc12. The highest BCUT2D eigenvalue weighted by Gasteiger charge is 2.10. The zero-order valence-corrected chi connectivity index (χ0v) is 9.31. The van der Waals surface area contributed by atoms with Gasteiger partial charge in [0.25, 0.3) is 0 Å². The number of fused-ring (bicyclic) bond motifs is 1. The number of nitrogens with one attached hydrogen (secondary N) is 1. The van der Waals surface area contributed by atoms with Gasteiger partial charge < -0.3 is 10.7 Å². The molecule has 3 N–H and O–H groups in total. The third-order valence-corrected chi connectivity index (χ3v) is 2.67. The number of nitrogen functional groups attached to an aromatic ring is 1. The second-order valence-electron chi connectivity index (χ2n) is 3.85. The maximum absolute atomic E-state index is 5.78. The first-order valence-electron chi connectivity index (χ1n) is 5.28. The molecule has 0 amide bonds. The molecule has 2 heterocycles.